The molecule has 3 heteroatoms. The molecule has 1 fully saturated rings. The minimum absolute atomic E-state index is 0.0755. The van der Waals surface area contributed by atoms with Gasteiger partial charge in [0, 0.05) is 25.8 Å². The Morgan fingerprint density at radius 2 is 2.00 bits per heavy atom. The van der Waals surface area contributed by atoms with Crippen molar-refractivity contribution in [2.24, 2.45) is 0 Å². The molecule has 1 saturated heterocycles. The van der Waals surface area contributed by atoms with Gasteiger partial charge in [-0.15, -0.1) is 0 Å². The van der Waals surface area contributed by atoms with Gasteiger partial charge in [-0.2, -0.15) is 0 Å². The maximum Gasteiger partial charge on any atom is 0.0794 e. The quantitative estimate of drug-likeness (QED) is 0.630. The predicted molar refractivity (Wildman–Crippen MR) is 50.0 cm³/mol. The fourth-order valence-electron chi connectivity index (χ4n) is 1.51. The summed E-state index contributed by atoms with van der Waals surface area (Å²) in [5.74, 6) is 0. The maximum absolute atomic E-state index is 9.03. The molecule has 0 unspecified atom stereocenters. The van der Waals surface area contributed by atoms with Crippen molar-refractivity contribution in [2.45, 2.75) is 38.8 Å². The maximum atomic E-state index is 9.03. The molecule has 0 amide bonds. The first-order valence-electron chi connectivity index (χ1n) is 4.90. The van der Waals surface area contributed by atoms with Gasteiger partial charge in [0.2, 0.25) is 0 Å². The number of likely N-dealkylation sites (tertiary alicyclic amines) is 1. The number of hydrogen-bond acceptors (Lipinski definition) is 3. The standard InChI is InChI=1S/C9H20N2O/c1-3-8(4-2)10-7-11-5-9(12)6-11/h8-10,12H,3-7H2,1-2H3. The summed E-state index contributed by atoms with van der Waals surface area (Å²) >= 11 is 0. The summed E-state index contributed by atoms with van der Waals surface area (Å²) in [7, 11) is 0. The van der Waals surface area contributed by atoms with Crippen LogP contribution in [0.4, 0.5) is 0 Å². The highest BCUT2D eigenvalue weighted by atomic mass is 16.3. The third kappa shape index (κ3) is 2.73. The number of hydrogen-bond donors (Lipinski definition) is 2. The highest BCUT2D eigenvalue weighted by molar-refractivity contribution is 4.78. The SMILES string of the molecule is CCC(CC)NCN1CC(O)C1. The third-order valence-electron chi connectivity index (χ3n) is 2.53. The molecule has 0 spiro atoms. The van der Waals surface area contributed by atoms with Gasteiger partial charge in [-0.1, -0.05) is 13.8 Å². The number of rotatable bonds is 5. The molecule has 1 rings (SSSR count). The predicted octanol–water partition coefficient (Wildman–Crippen LogP) is 0.399. The highest BCUT2D eigenvalue weighted by Crippen LogP contribution is 2.05. The fourth-order valence-corrected chi connectivity index (χ4v) is 1.51. The van der Waals surface area contributed by atoms with Crippen LogP contribution >= 0.6 is 0 Å². The molecule has 0 aliphatic carbocycles. The van der Waals surface area contributed by atoms with E-state index in [2.05, 4.69) is 24.1 Å². The molecule has 0 radical (unpaired) electrons. The van der Waals surface area contributed by atoms with Crippen molar-refractivity contribution in [1.82, 2.24) is 10.2 Å². The van der Waals surface area contributed by atoms with Crippen LogP contribution in [0, 0.1) is 0 Å². The largest absolute Gasteiger partial charge is 0.390 e. The van der Waals surface area contributed by atoms with Crippen molar-refractivity contribution in [2.75, 3.05) is 19.8 Å². The van der Waals surface area contributed by atoms with Gasteiger partial charge in [0.15, 0.2) is 0 Å². The summed E-state index contributed by atoms with van der Waals surface area (Å²) in [5, 5.41) is 12.5. The van der Waals surface area contributed by atoms with E-state index in [0.717, 1.165) is 19.8 Å². The minimum Gasteiger partial charge on any atom is -0.390 e. The molecule has 12 heavy (non-hydrogen) atoms. The molecule has 72 valence electrons. The second-order valence-electron chi connectivity index (χ2n) is 3.57. The number of aliphatic hydroxyl groups excluding tert-OH is 1. The lowest BCUT2D eigenvalue weighted by Gasteiger charge is -2.36. The van der Waals surface area contributed by atoms with E-state index in [-0.39, 0.29) is 6.10 Å². The van der Waals surface area contributed by atoms with E-state index in [1.165, 1.54) is 12.8 Å². The molecule has 0 aromatic rings. The van der Waals surface area contributed by atoms with E-state index in [4.69, 9.17) is 5.11 Å². The minimum atomic E-state index is -0.0755. The Balaban J connectivity index is 2.01. The Hall–Kier alpha value is -0.120. The number of β-amino-alcohol motifs (C(OH)–C–C–N with tert-alkyl or cyclic N) is 1. The highest BCUT2D eigenvalue weighted by Gasteiger charge is 2.23. The number of aliphatic hydroxyl groups is 1. The third-order valence-corrected chi connectivity index (χ3v) is 2.53. The average Bonchev–Trinajstić information content (AvgIpc) is 2.03. The number of nitrogens with one attached hydrogen (secondary N) is 1. The smallest absolute Gasteiger partial charge is 0.0794 e. The van der Waals surface area contributed by atoms with Crippen molar-refractivity contribution < 1.29 is 5.11 Å². The van der Waals surface area contributed by atoms with Crippen LogP contribution in [-0.4, -0.2) is 41.9 Å². The lowest BCUT2D eigenvalue weighted by Crippen LogP contribution is -2.54. The summed E-state index contributed by atoms with van der Waals surface area (Å²) in [6.07, 6.45) is 2.30. The van der Waals surface area contributed by atoms with Gasteiger partial charge < -0.3 is 10.4 Å². The Bertz CT molecular complexity index is 120. The van der Waals surface area contributed by atoms with Crippen molar-refractivity contribution in [3.8, 4) is 0 Å². The van der Waals surface area contributed by atoms with E-state index in [0.29, 0.717) is 6.04 Å². The van der Waals surface area contributed by atoms with Gasteiger partial charge >= 0.3 is 0 Å². The van der Waals surface area contributed by atoms with Crippen LogP contribution in [0.25, 0.3) is 0 Å². The van der Waals surface area contributed by atoms with Gasteiger partial charge in [-0.25, -0.2) is 0 Å². The van der Waals surface area contributed by atoms with Crippen molar-refractivity contribution in [3.05, 3.63) is 0 Å². The van der Waals surface area contributed by atoms with Gasteiger partial charge in [0.05, 0.1) is 6.10 Å². The lowest BCUT2D eigenvalue weighted by molar-refractivity contribution is -0.00437. The average molecular weight is 172 g/mol. The Morgan fingerprint density at radius 3 is 2.42 bits per heavy atom. The van der Waals surface area contributed by atoms with Gasteiger partial charge in [-0.05, 0) is 12.8 Å². The molecule has 0 saturated carbocycles. The van der Waals surface area contributed by atoms with E-state index in [9.17, 15) is 0 Å². The van der Waals surface area contributed by atoms with Gasteiger partial charge in [0.1, 0.15) is 0 Å². The van der Waals surface area contributed by atoms with E-state index >= 15 is 0 Å². The van der Waals surface area contributed by atoms with Gasteiger partial charge in [-0.3, -0.25) is 4.90 Å². The monoisotopic (exact) mass is 172 g/mol. The Labute approximate surface area is 74.8 Å². The van der Waals surface area contributed by atoms with Crippen LogP contribution in [0.3, 0.4) is 0 Å². The van der Waals surface area contributed by atoms with Crippen molar-refractivity contribution >= 4 is 0 Å². The molecule has 1 heterocycles. The summed E-state index contributed by atoms with van der Waals surface area (Å²) < 4.78 is 0. The summed E-state index contributed by atoms with van der Waals surface area (Å²) in [5.41, 5.74) is 0. The molecule has 2 N–H and O–H groups in total. The summed E-state index contributed by atoms with van der Waals surface area (Å²) in [6, 6.07) is 0.641. The Morgan fingerprint density at radius 1 is 1.42 bits per heavy atom. The van der Waals surface area contributed by atoms with E-state index < -0.39 is 0 Å². The molecular formula is C9H20N2O. The van der Waals surface area contributed by atoms with Crippen molar-refractivity contribution in [3.63, 3.8) is 0 Å². The lowest BCUT2D eigenvalue weighted by atomic mass is 10.1. The van der Waals surface area contributed by atoms with Gasteiger partial charge in [0.25, 0.3) is 0 Å². The first-order chi connectivity index (χ1) is 5.76. The van der Waals surface area contributed by atoms with E-state index in [1.807, 2.05) is 0 Å². The second-order valence-corrected chi connectivity index (χ2v) is 3.57. The second kappa shape index (κ2) is 4.80. The van der Waals surface area contributed by atoms with Crippen LogP contribution < -0.4 is 5.32 Å². The molecule has 0 aromatic heterocycles. The number of nitrogens with zero attached hydrogens (tertiary/aromatic N) is 1. The molecular weight excluding hydrogens is 152 g/mol. The van der Waals surface area contributed by atoms with E-state index in [1.54, 1.807) is 0 Å². The van der Waals surface area contributed by atoms with Crippen molar-refractivity contribution in [1.29, 1.82) is 0 Å². The Kier molecular flexibility index (Phi) is 3.98. The molecule has 3 nitrogen and oxygen atoms in total. The van der Waals surface area contributed by atoms with Crippen LogP contribution in [0.5, 0.6) is 0 Å². The first-order valence-corrected chi connectivity index (χ1v) is 4.90. The molecule has 1 aliphatic rings. The van der Waals surface area contributed by atoms with Crippen LogP contribution in [-0.2, 0) is 0 Å². The zero-order chi connectivity index (χ0) is 8.97. The van der Waals surface area contributed by atoms with Crippen LogP contribution in [0.1, 0.15) is 26.7 Å². The molecule has 0 atom stereocenters. The van der Waals surface area contributed by atoms with Crippen LogP contribution in [0.15, 0.2) is 0 Å². The molecule has 1 aliphatic heterocycles. The molecule has 0 aromatic carbocycles. The molecule has 0 bridgehead atoms. The topological polar surface area (TPSA) is 35.5 Å². The zero-order valence-electron chi connectivity index (χ0n) is 8.08. The summed E-state index contributed by atoms with van der Waals surface area (Å²) in [6.45, 7) is 7.02. The van der Waals surface area contributed by atoms with Crippen LogP contribution in [0.2, 0.25) is 0 Å². The fraction of sp³-hybridized carbons (Fsp3) is 1.00. The normalized spacial score (nSPS) is 20.0. The summed E-state index contributed by atoms with van der Waals surface area (Å²) in [4.78, 5) is 2.23. The first kappa shape index (κ1) is 9.96. The zero-order valence-corrected chi connectivity index (χ0v) is 8.08.